The van der Waals surface area contributed by atoms with Gasteiger partial charge < -0.3 is 10.1 Å². The highest BCUT2D eigenvalue weighted by Gasteiger charge is 2.27. The molecule has 0 spiro atoms. The molecular weight excluding hydrogens is 323 g/mol. The fraction of sp³-hybridized carbons (Fsp3) is 0.600. The molecule has 0 aromatic heterocycles. The second kappa shape index (κ2) is 6.98. The van der Waals surface area contributed by atoms with Gasteiger partial charge in [0.15, 0.2) is 0 Å². The fourth-order valence-electron chi connectivity index (χ4n) is 2.46. The van der Waals surface area contributed by atoms with Crippen molar-refractivity contribution >= 4 is 15.9 Å². The Balaban J connectivity index is 1.86. The lowest BCUT2D eigenvalue weighted by molar-refractivity contribution is -0.00967. The molecular formula is C15H22BrFN2O. The number of halogens is 2. The number of hydrogen-bond acceptors (Lipinski definition) is 3. The van der Waals surface area contributed by atoms with Crippen molar-refractivity contribution in [3.63, 3.8) is 0 Å². The van der Waals surface area contributed by atoms with Crippen LogP contribution in [0.1, 0.15) is 19.4 Å². The molecule has 20 heavy (non-hydrogen) atoms. The zero-order valence-electron chi connectivity index (χ0n) is 12.1. The Morgan fingerprint density at radius 1 is 1.35 bits per heavy atom. The van der Waals surface area contributed by atoms with Crippen LogP contribution >= 0.6 is 15.9 Å². The summed E-state index contributed by atoms with van der Waals surface area (Å²) in [5.74, 6) is -0.197. The number of hydrogen-bond donors (Lipinski definition) is 1. The predicted octanol–water partition coefficient (Wildman–Crippen LogP) is 2.79. The number of morpholine rings is 1. The van der Waals surface area contributed by atoms with E-state index in [4.69, 9.17) is 4.74 Å². The molecule has 1 aromatic rings. The summed E-state index contributed by atoms with van der Waals surface area (Å²) >= 11 is 3.45. The van der Waals surface area contributed by atoms with Gasteiger partial charge in [-0.2, -0.15) is 0 Å². The lowest BCUT2D eigenvalue weighted by Crippen LogP contribution is -2.54. The summed E-state index contributed by atoms with van der Waals surface area (Å²) < 4.78 is 19.6. The number of rotatable bonds is 5. The molecule has 1 fully saturated rings. The zero-order valence-corrected chi connectivity index (χ0v) is 13.7. The number of nitrogens with zero attached hydrogens (tertiary/aromatic N) is 1. The molecule has 0 aliphatic carbocycles. The van der Waals surface area contributed by atoms with Crippen molar-refractivity contribution in [2.45, 2.75) is 25.9 Å². The normalized spacial score (nSPS) is 17.4. The predicted molar refractivity (Wildman–Crippen MR) is 82.3 cm³/mol. The maximum absolute atomic E-state index is 13.2. The first kappa shape index (κ1) is 15.9. The highest BCUT2D eigenvalue weighted by Crippen LogP contribution is 2.19. The van der Waals surface area contributed by atoms with Crippen LogP contribution in [0.2, 0.25) is 0 Å². The van der Waals surface area contributed by atoms with Gasteiger partial charge in [0.25, 0.3) is 0 Å². The standard InChI is InChI=1S/C15H22BrFN2O/c1-15(2,19-5-7-20-8-6-19)11-18-10-12-9-13(17)3-4-14(12)16/h3-4,9,18H,5-8,10-11H2,1-2H3. The van der Waals surface area contributed by atoms with Crippen LogP contribution < -0.4 is 5.32 Å². The van der Waals surface area contributed by atoms with Gasteiger partial charge >= 0.3 is 0 Å². The summed E-state index contributed by atoms with van der Waals surface area (Å²) in [6.07, 6.45) is 0. The second-order valence-corrected chi connectivity index (χ2v) is 6.61. The maximum atomic E-state index is 13.2. The Kier molecular flexibility index (Phi) is 5.55. The lowest BCUT2D eigenvalue weighted by Gasteiger charge is -2.41. The summed E-state index contributed by atoms with van der Waals surface area (Å²) in [6.45, 7) is 9.52. The van der Waals surface area contributed by atoms with Crippen molar-refractivity contribution in [2.75, 3.05) is 32.8 Å². The van der Waals surface area contributed by atoms with E-state index in [9.17, 15) is 4.39 Å². The Morgan fingerprint density at radius 2 is 2.05 bits per heavy atom. The van der Waals surface area contributed by atoms with Crippen molar-refractivity contribution < 1.29 is 9.13 Å². The van der Waals surface area contributed by atoms with E-state index in [2.05, 4.69) is 40.0 Å². The van der Waals surface area contributed by atoms with Crippen LogP contribution in [0.15, 0.2) is 22.7 Å². The Hall–Kier alpha value is -0.490. The summed E-state index contributed by atoms with van der Waals surface area (Å²) in [7, 11) is 0. The molecule has 1 aromatic carbocycles. The molecule has 0 amide bonds. The summed E-state index contributed by atoms with van der Waals surface area (Å²) in [6, 6.07) is 4.78. The number of benzene rings is 1. The van der Waals surface area contributed by atoms with Crippen LogP contribution in [0.3, 0.4) is 0 Å². The van der Waals surface area contributed by atoms with Crippen molar-refractivity contribution in [3.05, 3.63) is 34.1 Å². The minimum absolute atomic E-state index is 0.0730. The monoisotopic (exact) mass is 344 g/mol. The molecule has 1 heterocycles. The topological polar surface area (TPSA) is 24.5 Å². The van der Waals surface area contributed by atoms with E-state index in [1.165, 1.54) is 6.07 Å². The molecule has 0 radical (unpaired) electrons. The first-order chi connectivity index (χ1) is 9.49. The fourth-order valence-corrected chi connectivity index (χ4v) is 2.85. The van der Waals surface area contributed by atoms with Crippen LogP contribution in [-0.2, 0) is 11.3 Å². The molecule has 3 nitrogen and oxygen atoms in total. The van der Waals surface area contributed by atoms with Gasteiger partial charge in [-0.15, -0.1) is 0 Å². The smallest absolute Gasteiger partial charge is 0.123 e. The molecule has 1 saturated heterocycles. The van der Waals surface area contributed by atoms with E-state index in [1.54, 1.807) is 12.1 Å². The van der Waals surface area contributed by atoms with E-state index in [-0.39, 0.29) is 11.4 Å². The third-order valence-electron chi connectivity index (χ3n) is 3.75. The zero-order chi connectivity index (χ0) is 14.6. The quantitative estimate of drug-likeness (QED) is 0.888. The van der Waals surface area contributed by atoms with Gasteiger partial charge in [0, 0.05) is 36.2 Å². The molecule has 2 rings (SSSR count). The van der Waals surface area contributed by atoms with E-state index in [0.29, 0.717) is 6.54 Å². The molecule has 5 heteroatoms. The van der Waals surface area contributed by atoms with Crippen LogP contribution in [0.25, 0.3) is 0 Å². The average Bonchev–Trinajstić information content (AvgIpc) is 2.43. The maximum Gasteiger partial charge on any atom is 0.123 e. The Bertz CT molecular complexity index is 447. The third kappa shape index (κ3) is 4.25. The van der Waals surface area contributed by atoms with E-state index in [0.717, 1.165) is 42.9 Å². The van der Waals surface area contributed by atoms with Crippen molar-refractivity contribution in [1.82, 2.24) is 10.2 Å². The Morgan fingerprint density at radius 3 is 2.75 bits per heavy atom. The largest absolute Gasteiger partial charge is 0.379 e. The number of ether oxygens (including phenoxy) is 1. The minimum Gasteiger partial charge on any atom is -0.379 e. The molecule has 0 saturated carbocycles. The highest BCUT2D eigenvalue weighted by molar-refractivity contribution is 9.10. The number of nitrogens with one attached hydrogen (secondary N) is 1. The van der Waals surface area contributed by atoms with Crippen LogP contribution in [0.5, 0.6) is 0 Å². The first-order valence-electron chi connectivity index (χ1n) is 6.96. The molecule has 1 N–H and O–H groups in total. The summed E-state index contributed by atoms with van der Waals surface area (Å²) in [4.78, 5) is 2.43. The average molecular weight is 345 g/mol. The van der Waals surface area contributed by atoms with Crippen molar-refractivity contribution in [2.24, 2.45) is 0 Å². The van der Waals surface area contributed by atoms with Gasteiger partial charge in [0.2, 0.25) is 0 Å². The van der Waals surface area contributed by atoms with E-state index >= 15 is 0 Å². The SMILES string of the molecule is CC(C)(CNCc1cc(F)ccc1Br)N1CCOCC1. The molecule has 0 bridgehead atoms. The first-order valence-corrected chi connectivity index (χ1v) is 7.76. The van der Waals surface area contributed by atoms with Crippen LogP contribution in [0.4, 0.5) is 4.39 Å². The van der Waals surface area contributed by atoms with Crippen LogP contribution in [-0.4, -0.2) is 43.3 Å². The summed E-state index contributed by atoms with van der Waals surface area (Å²) in [5, 5.41) is 3.43. The van der Waals surface area contributed by atoms with Crippen LogP contribution in [0, 0.1) is 5.82 Å². The molecule has 112 valence electrons. The second-order valence-electron chi connectivity index (χ2n) is 5.75. The molecule has 0 atom stereocenters. The van der Waals surface area contributed by atoms with Gasteiger partial charge in [-0.3, -0.25) is 4.90 Å². The van der Waals surface area contributed by atoms with E-state index in [1.807, 2.05) is 0 Å². The summed E-state index contributed by atoms with van der Waals surface area (Å²) in [5.41, 5.74) is 1.02. The molecule has 1 aliphatic heterocycles. The van der Waals surface area contributed by atoms with Gasteiger partial charge in [-0.25, -0.2) is 4.39 Å². The third-order valence-corrected chi connectivity index (χ3v) is 4.52. The van der Waals surface area contributed by atoms with Gasteiger partial charge in [0.05, 0.1) is 13.2 Å². The lowest BCUT2D eigenvalue weighted by atomic mass is 10.0. The molecule has 1 aliphatic rings. The van der Waals surface area contributed by atoms with Crippen molar-refractivity contribution in [3.8, 4) is 0 Å². The van der Waals surface area contributed by atoms with Gasteiger partial charge in [-0.1, -0.05) is 15.9 Å². The van der Waals surface area contributed by atoms with E-state index < -0.39 is 0 Å². The van der Waals surface area contributed by atoms with Gasteiger partial charge in [-0.05, 0) is 37.6 Å². The Labute approximate surface area is 128 Å². The molecule has 0 unspecified atom stereocenters. The highest BCUT2D eigenvalue weighted by atomic mass is 79.9. The van der Waals surface area contributed by atoms with Gasteiger partial charge in [0.1, 0.15) is 5.82 Å². The minimum atomic E-state index is -0.197. The van der Waals surface area contributed by atoms with Crippen molar-refractivity contribution in [1.29, 1.82) is 0 Å².